The van der Waals surface area contributed by atoms with Crippen molar-refractivity contribution in [3.8, 4) is 11.3 Å². The lowest BCUT2D eigenvalue weighted by Gasteiger charge is -2.09. The summed E-state index contributed by atoms with van der Waals surface area (Å²) in [5.41, 5.74) is 8.69. The first-order chi connectivity index (χ1) is 8.19. The zero-order chi connectivity index (χ0) is 12.3. The maximum atomic E-state index is 5.63. The van der Waals surface area contributed by atoms with E-state index >= 15 is 0 Å². The summed E-state index contributed by atoms with van der Waals surface area (Å²) in [5, 5.41) is 0. The van der Waals surface area contributed by atoms with Crippen LogP contribution in [0.3, 0.4) is 0 Å². The molecule has 2 aromatic heterocycles. The summed E-state index contributed by atoms with van der Waals surface area (Å²) in [6, 6.07) is 4.01. The average molecular weight is 230 g/mol. The second kappa shape index (κ2) is 5.10. The summed E-state index contributed by atoms with van der Waals surface area (Å²) < 4.78 is 0. The Morgan fingerprint density at radius 2 is 2.24 bits per heavy atom. The van der Waals surface area contributed by atoms with Crippen LogP contribution in [-0.4, -0.2) is 21.5 Å². The van der Waals surface area contributed by atoms with Crippen LogP contribution in [0.5, 0.6) is 0 Å². The van der Waals surface area contributed by atoms with Crippen molar-refractivity contribution in [2.24, 2.45) is 11.7 Å². The number of H-pyrrole nitrogens is 1. The molecular formula is C13H18N4. The van der Waals surface area contributed by atoms with E-state index in [4.69, 9.17) is 5.73 Å². The first-order valence-corrected chi connectivity index (χ1v) is 5.87. The van der Waals surface area contributed by atoms with Crippen molar-refractivity contribution < 1.29 is 0 Å². The van der Waals surface area contributed by atoms with Crippen molar-refractivity contribution in [3.63, 3.8) is 0 Å². The first-order valence-electron chi connectivity index (χ1n) is 5.87. The van der Waals surface area contributed by atoms with E-state index in [9.17, 15) is 0 Å². The van der Waals surface area contributed by atoms with Crippen LogP contribution in [0, 0.1) is 12.8 Å². The molecule has 90 valence electrons. The number of rotatable bonds is 4. The number of aryl methyl sites for hydroxylation is 1. The summed E-state index contributed by atoms with van der Waals surface area (Å²) in [6.45, 7) is 4.77. The van der Waals surface area contributed by atoms with E-state index in [0.29, 0.717) is 12.5 Å². The molecule has 2 heterocycles. The Kier molecular flexibility index (Phi) is 3.54. The van der Waals surface area contributed by atoms with E-state index in [1.54, 1.807) is 0 Å². The fraction of sp³-hybridized carbons (Fsp3) is 0.385. The molecule has 1 atom stereocenters. The largest absolute Gasteiger partial charge is 0.367 e. The second-order valence-corrected chi connectivity index (χ2v) is 4.46. The molecule has 0 spiro atoms. The van der Waals surface area contributed by atoms with E-state index in [0.717, 1.165) is 29.2 Å². The summed E-state index contributed by atoms with van der Waals surface area (Å²) in [5.74, 6) is 1.29. The third kappa shape index (κ3) is 2.91. The second-order valence-electron chi connectivity index (χ2n) is 4.46. The normalized spacial score (nSPS) is 12.6. The van der Waals surface area contributed by atoms with Gasteiger partial charge in [-0.1, -0.05) is 6.92 Å². The molecule has 0 aromatic carbocycles. The van der Waals surface area contributed by atoms with Crippen LogP contribution >= 0.6 is 0 Å². The lowest BCUT2D eigenvalue weighted by atomic mass is 10.1. The van der Waals surface area contributed by atoms with Crippen LogP contribution in [0.25, 0.3) is 11.3 Å². The molecule has 0 saturated carbocycles. The Balaban J connectivity index is 2.30. The lowest BCUT2D eigenvalue weighted by molar-refractivity contribution is 0.573. The molecule has 0 saturated heterocycles. The monoisotopic (exact) mass is 230 g/mol. The molecule has 0 amide bonds. The molecule has 2 rings (SSSR count). The van der Waals surface area contributed by atoms with Crippen molar-refractivity contribution in [1.29, 1.82) is 0 Å². The van der Waals surface area contributed by atoms with Crippen LogP contribution < -0.4 is 5.73 Å². The minimum Gasteiger partial charge on any atom is -0.367 e. The van der Waals surface area contributed by atoms with Gasteiger partial charge in [0.1, 0.15) is 5.82 Å². The predicted octanol–water partition coefficient (Wildman–Crippen LogP) is 1.92. The smallest absolute Gasteiger partial charge is 0.129 e. The Hall–Kier alpha value is -1.68. The van der Waals surface area contributed by atoms with Gasteiger partial charge in [0.25, 0.3) is 0 Å². The highest BCUT2D eigenvalue weighted by molar-refractivity contribution is 5.58. The Labute approximate surface area is 101 Å². The van der Waals surface area contributed by atoms with Gasteiger partial charge >= 0.3 is 0 Å². The van der Waals surface area contributed by atoms with Gasteiger partial charge in [0, 0.05) is 30.1 Å². The van der Waals surface area contributed by atoms with Crippen LogP contribution in [0.15, 0.2) is 24.5 Å². The van der Waals surface area contributed by atoms with Gasteiger partial charge in [-0.05, 0) is 31.5 Å². The number of aromatic amines is 1. The minimum absolute atomic E-state index is 0.413. The standard InChI is InChI=1S/C13H18N4/c1-9(7-14)5-13-16-10(2)6-12(17-13)11-3-4-15-8-11/h3-4,6,8-9,15H,5,7,14H2,1-2H3. The van der Waals surface area contributed by atoms with E-state index in [2.05, 4.69) is 21.9 Å². The molecule has 0 radical (unpaired) electrons. The average Bonchev–Trinajstić information content (AvgIpc) is 2.81. The quantitative estimate of drug-likeness (QED) is 0.843. The molecule has 3 N–H and O–H groups in total. The van der Waals surface area contributed by atoms with E-state index < -0.39 is 0 Å². The van der Waals surface area contributed by atoms with Gasteiger partial charge in [0.05, 0.1) is 5.69 Å². The van der Waals surface area contributed by atoms with Crippen molar-refractivity contribution in [3.05, 3.63) is 36.0 Å². The third-order valence-electron chi connectivity index (χ3n) is 2.73. The molecule has 0 aliphatic rings. The SMILES string of the molecule is Cc1cc(-c2cc[nH]c2)nc(CC(C)CN)n1. The van der Waals surface area contributed by atoms with Crippen LogP contribution in [0.2, 0.25) is 0 Å². The highest BCUT2D eigenvalue weighted by Crippen LogP contribution is 2.17. The van der Waals surface area contributed by atoms with Crippen molar-refractivity contribution >= 4 is 0 Å². The minimum atomic E-state index is 0.413. The molecule has 0 bridgehead atoms. The van der Waals surface area contributed by atoms with Crippen LogP contribution in [0.4, 0.5) is 0 Å². The summed E-state index contributed by atoms with van der Waals surface area (Å²) in [7, 11) is 0. The van der Waals surface area contributed by atoms with Gasteiger partial charge < -0.3 is 10.7 Å². The van der Waals surface area contributed by atoms with Crippen LogP contribution in [-0.2, 0) is 6.42 Å². The predicted molar refractivity (Wildman–Crippen MR) is 68.5 cm³/mol. The number of aromatic nitrogens is 3. The number of hydrogen-bond donors (Lipinski definition) is 2. The number of nitrogens with zero attached hydrogens (tertiary/aromatic N) is 2. The highest BCUT2D eigenvalue weighted by Gasteiger charge is 2.08. The molecule has 0 aliphatic heterocycles. The Morgan fingerprint density at radius 3 is 2.88 bits per heavy atom. The number of nitrogens with two attached hydrogens (primary N) is 1. The molecule has 2 aromatic rings. The fourth-order valence-electron chi connectivity index (χ4n) is 1.75. The summed E-state index contributed by atoms with van der Waals surface area (Å²) in [4.78, 5) is 12.1. The lowest BCUT2D eigenvalue weighted by Crippen LogP contribution is -2.15. The van der Waals surface area contributed by atoms with Crippen molar-refractivity contribution in [2.75, 3.05) is 6.54 Å². The van der Waals surface area contributed by atoms with Gasteiger partial charge in [0.15, 0.2) is 0 Å². The maximum absolute atomic E-state index is 5.63. The summed E-state index contributed by atoms with van der Waals surface area (Å²) in [6.07, 6.45) is 4.67. The Morgan fingerprint density at radius 1 is 1.41 bits per heavy atom. The third-order valence-corrected chi connectivity index (χ3v) is 2.73. The molecule has 0 aliphatic carbocycles. The first kappa shape index (κ1) is 11.8. The zero-order valence-electron chi connectivity index (χ0n) is 10.3. The molecule has 17 heavy (non-hydrogen) atoms. The molecule has 4 nitrogen and oxygen atoms in total. The van der Waals surface area contributed by atoms with Gasteiger partial charge in [-0.25, -0.2) is 9.97 Å². The van der Waals surface area contributed by atoms with Gasteiger partial charge in [0.2, 0.25) is 0 Å². The topological polar surface area (TPSA) is 67.6 Å². The maximum Gasteiger partial charge on any atom is 0.129 e. The van der Waals surface area contributed by atoms with Crippen molar-refractivity contribution in [1.82, 2.24) is 15.0 Å². The van der Waals surface area contributed by atoms with Gasteiger partial charge in [-0.2, -0.15) is 0 Å². The number of hydrogen-bond acceptors (Lipinski definition) is 3. The molecule has 0 fully saturated rings. The fourth-order valence-corrected chi connectivity index (χ4v) is 1.75. The number of nitrogens with one attached hydrogen (secondary N) is 1. The van der Waals surface area contributed by atoms with Crippen molar-refractivity contribution in [2.45, 2.75) is 20.3 Å². The van der Waals surface area contributed by atoms with E-state index in [1.807, 2.05) is 31.5 Å². The van der Waals surface area contributed by atoms with E-state index in [-0.39, 0.29) is 0 Å². The van der Waals surface area contributed by atoms with E-state index in [1.165, 1.54) is 0 Å². The molecule has 4 heteroatoms. The highest BCUT2D eigenvalue weighted by atomic mass is 14.9. The van der Waals surface area contributed by atoms with Crippen LogP contribution in [0.1, 0.15) is 18.4 Å². The summed E-state index contributed by atoms with van der Waals surface area (Å²) >= 11 is 0. The molecule has 1 unspecified atom stereocenters. The Bertz CT molecular complexity index is 476. The van der Waals surface area contributed by atoms with Gasteiger partial charge in [-0.3, -0.25) is 0 Å². The van der Waals surface area contributed by atoms with Gasteiger partial charge in [-0.15, -0.1) is 0 Å². The zero-order valence-corrected chi connectivity index (χ0v) is 10.3. The molecular weight excluding hydrogens is 212 g/mol.